The third kappa shape index (κ3) is 4.73. The summed E-state index contributed by atoms with van der Waals surface area (Å²) < 4.78 is 11.9. The minimum atomic E-state index is -0.280. The molecule has 0 spiro atoms. The Bertz CT molecular complexity index is 1030. The summed E-state index contributed by atoms with van der Waals surface area (Å²) in [6.45, 7) is 3.93. The van der Waals surface area contributed by atoms with Gasteiger partial charge in [0.2, 0.25) is 0 Å². The Labute approximate surface area is 198 Å². The molecule has 2 unspecified atom stereocenters. The van der Waals surface area contributed by atoms with Gasteiger partial charge in [-0.2, -0.15) is 5.26 Å². The minimum absolute atomic E-state index is 0.00821. The fourth-order valence-corrected chi connectivity index (χ4v) is 5.39. The molecule has 0 aliphatic carbocycles. The van der Waals surface area contributed by atoms with E-state index >= 15 is 0 Å². The molecule has 33 heavy (non-hydrogen) atoms. The number of nitriles is 1. The lowest BCUT2D eigenvalue weighted by atomic mass is 10.00. The van der Waals surface area contributed by atoms with Crippen LogP contribution in [0.15, 0.2) is 42.5 Å². The van der Waals surface area contributed by atoms with Crippen LogP contribution in [0.25, 0.3) is 0 Å². The molecule has 1 N–H and O–H groups in total. The number of rotatable bonds is 4. The molecule has 7 nitrogen and oxygen atoms in total. The smallest absolute Gasteiger partial charge is 0.415 e. The van der Waals surface area contributed by atoms with Gasteiger partial charge in [-0.05, 0) is 49.2 Å². The van der Waals surface area contributed by atoms with E-state index in [-0.39, 0.29) is 24.3 Å². The molecule has 172 valence electrons. The fraction of sp³-hybridized carbons (Fsp3) is 0.440. The van der Waals surface area contributed by atoms with Crippen LogP contribution in [-0.2, 0) is 0 Å². The number of anilines is 1. The Balaban J connectivity index is 1.18. The van der Waals surface area contributed by atoms with E-state index in [2.05, 4.69) is 16.3 Å². The van der Waals surface area contributed by atoms with E-state index in [1.165, 1.54) is 0 Å². The van der Waals surface area contributed by atoms with Gasteiger partial charge in [-0.15, -0.1) is 0 Å². The highest BCUT2D eigenvalue weighted by molar-refractivity contribution is 6.31. The summed E-state index contributed by atoms with van der Waals surface area (Å²) in [6, 6.07) is 15.2. The average Bonchev–Trinajstić information content (AvgIpc) is 3.11. The highest BCUT2D eigenvalue weighted by Crippen LogP contribution is 2.38. The van der Waals surface area contributed by atoms with Crippen LogP contribution in [0.3, 0.4) is 0 Å². The number of hydrogen-bond donors (Lipinski definition) is 1. The zero-order valence-electron chi connectivity index (χ0n) is 18.4. The molecule has 0 aromatic heterocycles. The minimum Gasteiger partial charge on any atom is -0.490 e. The maximum Gasteiger partial charge on any atom is 0.415 e. The van der Waals surface area contributed by atoms with Gasteiger partial charge >= 0.3 is 6.09 Å². The predicted molar refractivity (Wildman–Crippen MR) is 126 cm³/mol. The molecule has 3 aliphatic heterocycles. The Hall–Kier alpha value is -2.95. The Kier molecular flexibility index (Phi) is 6.30. The molecule has 8 heteroatoms. The standard InChI is InChI=1S/C25H27ClN4O3/c26-24-15-22(6-1-17(24)16-27)32-23-13-19-2-3-20(14-23)30(19)25(31)33-21-7-4-18(5-8-21)29-11-9-28-10-12-29/h1,4-8,15,19-20,23,28H,2-3,9-14H2. The van der Waals surface area contributed by atoms with Gasteiger partial charge in [0.1, 0.15) is 23.7 Å². The van der Waals surface area contributed by atoms with Gasteiger partial charge in [0.25, 0.3) is 0 Å². The van der Waals surface area contributed by atoms with Crippen molar-refractivity contribution in [1.29, 1.82) is 5.26 Å². The molecule has 2 bridgehead atoms. The summed E-state index contributed by atoms with van der Waals surface area (Å²) in [4.78, 5) is 17.2. The third-order valence-corrected chi connectivity index (χ3v) is 7.10. The maximum atomic E-state index is 13.0. The number of carbonyl (C=O) groups is 1. The van der Waals surface area contributed by atoms with Crippen molar-refractivity contribution in [2.24, 2.45) is 0 Å². The Morgan fingerprint density at radius 1 is 1.03 bits per heavy atom. The summed E-state index contributed by atoms with van der Waals surface area (Å²) in [5.74, 6) is 1.23. The second kappa shape index (κ2) is 9.50. The van der Waals surface area contributed by atoms with E-state index in [0.717, 1.165) is 57.5 Å². The number of amides is 1. The SMILES string of the molecule is N#Cc1ccc(OC2CC3CCC(C2)N3C(=O)Oc2ccc(N3CCNCC3)cc2)cc1Cl. The lowest BCUT2D eigenvalue weighted by Crippen LogP contribution is -2.50. The highest BCUT2D eigenvalue weighted by Gasteiger charge is 2.45. The predicted octanol–water partition coefficient (Wildman–Crippen LogP) is 4.19. The van der Waals surface area contributed by atoms with Crippen LogP contribution in [0.4, 0.5) is 10.5 Å². The summed E-state index contributed by atoms with van der Waals surface area (Å²) in [6.07, 6.45) is 3.15. The first-order valence-corrected chi connectivity index (χ1v) is 11.9. The number of benzene rings is 2. The van der Waals surface area contributed by atoms with Gasteiger partial charge in [0.15, 0.2) is 0 Å². The van der Waals surface area contributed by atoms with Crippen molar-refractivity contribution >= 4 is 23.4 Å². The number of hydrogen-bond acceptors (Lipinski definition) is 6. The summed E-state index contributed by atoms with van der Waals surface area (Å²) in [7, 11) is 0. The molecule has 2 atom stereocenters. The Morgan fingerprint density at radius 3 is 2.33 bits per heavy atom. The van der Waals surface area contributed by atoms with Crippen LogP contribution in [0.1, 0.15) is 31.2 Å². The number of ether oxygens (including phenoxy) is 2. The fourth-order valence-electron chi connectivity index (χ4n) is 5.18. The van der Waals surface area contributed by atoms with Crippen LogP contribution in [-0.4, -0.2) is 55.4 Å². The van der Waals surface area contributed by atoms with E-state index in [0.29, 0.717) is 22.1 Å². The van der Waals surface area contributed by atoms with Crippen LogP contribution >= 0.6 is 11.6 Å². The van der Waals surface area contributed by atoms with Crippen molar-refractivity contribution in [2.75, 3.05) is 31.1 Å². The van der Waals surface area contributed by atoms with Crippen LogP contribution in [0.5, 0.6) is 11.5 Å². The highest BCUT2D eigenvalue weighted by atomic mass is 35.5. The first-order chi connectivity index (χ1) is 16.1. The van der Waals surface area contributed by atoms with E-state index in [9.17, 15) is 4.79 Å². The van der Waals surface area contributed by atoms with Crippen LogP contribution in [0.2, 0.25) is 5.02 Å². The molecule has 2 aromatic carbocycles. The molecular weight excluding hydrogens is 440 g/mol. The molecule has 3 aliphatic rings. The van der Waals surface area contributed by atoms with Gasteiger partial charge in [0, 0.05) is 62.9 Å². The second-order valence-electron chi connectivity index (χ2n) is 8.86. The molecule has 3 fully saturated rings. The van der Waals surface area contributed by atoms with Crippen molar-refractivity contribution in [3.05, 3.63) is 53.1 Å². The summed E-state index contributed by atoms with van der Waals surface area (Å²) in [5, 5.41) is 12.8. The van der Waals surface area contributed by atoms with Gasteiger partial charge in [-0.3, -0.25) is 0 Å². The topological polar surface area (TPSA) is 77.8 Å². The van der Waals surface area contributed by atoms with Gasteiger partial charge < -0.3 is 24.6 Å². The first kappa shape index (κ1) is 21.9. The number of carbonyl (C=O) groups excluding carboxylic acids is 1. The zero-order chi connectivity index (χ0) is 22.8. The van der Waals surface area contributed by atoms with E-state index in [1.807, 2.05) is 29.2 Å². The number of piperidine rings is 1. The number of nitrogens with one attached hydrogen (secondary N) is 1. The summed E-state index contributed by atoms with van der Waals surface area (Å²) >= 11 is 6.14. The number of nitrogens with zero attached hydrogens (tertiary/aromatic N) is 3. The summed E-state index contributed by atoms with van der Waals surface area (Å²) in [5.41, 5.74) is 1.58. The largest absolute Gasteiger partial charge is 0.490 e. The molecule has 2 aromatic rings. The molecule has 0 radical (unpaired) electrons. The number of fused-ring (bicyclic) bond motifs is 2. The number of piperazine rings is 1. The van der Waals surface area contributed by atoms with Gasteiger partial charge in [-0.1, -0.05) is 11.6 Å². The second-order valence-corrected chi connectivity index (χ2v) is 9.26. The third-order valence-electron chi connectivity index (χ3n) is 6.79. The van der Waals surface area contributed by atoms with Crippen molar-refractivity contribution in [3.8, 4) is 17.6 Å². The molecule has 0 saturated carbocycles. The lowest BCUT2D eigenvalue weighted by Gasteiger charge is -2.38. The molecule has 1 amide bonds. The first-order valence-electron chi connectivity index (χ1n) is 11.5. The monoisotopic (exact) mass is 466 g/mol. The average molecular weight is 467 g/mol. The van der Waals surface area contributed by atoms with E-state index < -0.39 is 0 Å². The zero-order valence-corrected chi connectivity index (χ0v) is 19.1. The normalized spacial score (nSPS) is 24.3. The van der Waals surface area contributed by atoms with Gasteiger partial charge in [-0.25, -0.2) is 4.79 Å². The molecular formula is C25H27ClN4O3. The van der Waals surface area contributed by atoms with E-state index in [1.54, 1.807) is 18.2 Å². The molecule has 3 saturated heterocycles. The van der Waals surface area contributed by atoms with Crippen molar-refractivity contribution in [2.45, 2.75) is 43.9 Å². The van der Waals surface area contributed by atoms with Crippen molar-refractivity contribution in [3.63, 3.8) is 0 Å². The van der Waals surface area contributed by atoms with Gasteiger partial charge in [0.05, 0.1) is 10.6 Å². The maximum absolute atomic E-state index is 13.0. The quantitative estimate of drug-likeness (QED) is 0.727. The molecule has 5 rings (SSSR count). The van der Waals surface area contributed by atoms with Crippen LogP contribution < -0.4 is 19.7 Å². The van der Waals surface area contributed by atoms with Crippen molar-refractivity contribution < 1.29 is 14.3 Å². The Morgan fingerprint density at radius 2 is 1.70 bits per heavy atom. The number of halogens is 1. The molecule has 3 heterocycles. The van der Waals surface area contributed by atoms with Crippen LogP contribution in [0, 0.1) is 11.3 Å². The van der Waals surface area contributed by atoms with Crippen molar-refractivity contribution in [1.82, 2.24) is 10.2 Å². The van der Waals surface area contributed by atoms with E-state index in [4.69, 9.17) is 26.3 Å². The lowest BCUT2D eigenvalue weighted by molar-refractivity contribution is 0.0528.